The quantitative estimate of drug-likeness (QED) is 0.410. The van der Waals surface area contributed by atoms with Gasteiger partial charge in [-0.2, -0.15) is 15.4 Å². The second-order valence-corrected chi connectivity index (χ2v) is 4.63. The summed E-state index contributed by atoms with van der Waals surface area (Å²) in [7, 11) is 0. The van der Waals surface area contributed by atoms with Crippen molar-refractivity contribution >= 4 is 34.2 Å². The van der Waals surface area contributed by atoms with Crippen molar-refractivity contribution in [3.8, 4) is 17.0 Å². The van der Waals surface area contributed by atoms with Crippen LogP contribution >= 0.6 is 22.6 Å². The summed E-state index contributed by atoms with van der Waals surface area (Å²) in [6.07, 6.45) is 0. The van der Waals surface area contributed by atoms with E-state index >= 15 is 0 Å². The van der Waals surface area contributed by atoms with Gasteiger partial charge in [-0.3, -0.25) is 14.9 Å². The Morgan fingerprint density at radius 3 is 2.74 bits per heavy atom. The first-order valence-corrected chi connectivity index (χ1v) is 5.87. The number of nitrogens with zero attached hydrogens (tertiary/aromatic N) is 3. The molecule has 1 aromatic heterocycles. The third kappa shape index (κ3) is 2.33. The molecular formula is C9H6IN5O4. The number of nitrogens with one attached hydrogen (secondary N) is 1. The third-order valence-corrected chi connectivity index (χ3v) is 3.12. The minimum atomic E-state index is -0.857. The van der Waals surface area contributed by atoms with Crippen LogP contribution in [0.2, 0.25) is 0 Å². The molecule has 0 spiro atoms. The molecule has 0 aliphatic rings. The monoisotopic (exact) mass is 375 g/mol. The molecule has 0 radical (unpaired) electrons. The number of nitro benzene ring substituents is 1. The van der Waals surface area contributed by atoms with Crippen LogP contribution < -0.4 is 5.73 Å². The van der Waals surface area contributed by atoms with Gasteiger partial charge in [0.05, 0.1) is 14.1 Å². The second kappa shape index (κ2) is 4.79. The minimum absolute atomic E-state index is 0.0150. The van der Waals surface area contributed by atoms with Crippen molar-refractivity contribution in [3.05, 3.63) is 31.5 Å². The fraction of sp³-hybridized carbons (Fsp3) is 0. The van der Waals surface area contributed by atoms with E-state index in [0.717, 1.165) is 6.07 Å². The molecule has 0 unspecified atom stereocenters. The highest BCUT2D eigenvalue weighted by molar-refractivity contribution is 14.1. The zero-order chi connectivity index (χ0) is 14.2. The van der Waals surface area contributed by atoms with Crippen molar-refractivity contribution in [2.24, 2.45) is 5.73 Å². The Morgan fingerprint density at radius 1 is 1.47 bits per heavy atom. The predicted molar refractivity (Wildman–Crippen MR) is 71.4 cm³/mol. The summed E-state index contributed by atoms with van der Waals surface area (Å²) in [5.74, 6) is -1.09. The molecule has 0 atom stereocenters. The van der Waals surface area contributed by atoms with Crippen molar-refractivity contribution < 1.29 is 14.8 Å². The number of amides is 1. The molecule has 0 saturated heterocycles. The molecule has 0 bridgehead atoms. The van der Waals surface area contributed by atoms with Gasteiger partial charge in [-0.25, -0.2) is 0 Å². The molecule has 10 heteroatoms. The Labute approximate surface area is 119 Å². The number of hydrogen-bond acceptors (Lipinski definition) is 6. The van der Waals surface area contributed by atoms with Crippen LogP contribution in [0.1, 0.15) is 10.5 Å². The summed E-state index contributed by atoms with van der Waals surface area (Å²) in [6.45, 7) is 0. The molecule has 0 aliphatic heterocycles. The van der Waals surface area contributed by atoms with Crippen molar-refractivity contribution in [3.63, 3.8) is 0 Å². The highest BCUT2D eigenvalue weighted by Crippen LogP contribution is 2.36. The van der Waals surface area contributed by atoms with Gasteiger partial charge in [0.1, 0.15) is 11.4 Å². The molecule has 0 fully saturated rings. The number of primary amides is 1. The zero-order valence-electron chi connectivity index (χ0n) is 9.12. The number of carbonyl (C=O) groups excluding carboxylic acids is 1. The minimum Gasteiger partial charge on any atom is -0.506 e. The topological polar surface area (TPSA) is 148 Å². The number of non-ortho nitro benzene ring substituents is 1. The number of H-pyrrole nitrogens is 1. The Hall–Kier alpha value is -2.24. The normalized spacial score (nSPS) is 10.4. The number of aromatic nitrogens is 3. The van der Waals surface area contributed by atoms with Gasteiger partial charge in [-0.15, -0.1) is 0 Å². The van der Waals surface area contributed by atoms with Crippen LogP contribution in [0.25, 0.3) is 11.3 Å². The number of phenols is 1. The van der Waals surface area contributed by atoms with Gasteiger partial charge in [-0.05, 0) is 22.6 Å². The third-order valence-electron chi connectivity index (χ3n) is 2.30. The second-order valence-electron chi connectivity index (χ2n) is 3.47. The molecule has 0 aliphatic carbocycles. The van der Waals surface area contributed by atoms with E-state index in [2.05, 4.69) is 15.4 Å². The SMILES string of the molecule is NC(=O)c1n[nH]nc1-c1cc([N+](=O)[O-])cc(I)c1O. The van der Waals surface area contributed by atoms with Gasteiger partial charge in [-0.1, -0.05) is 0 Å². The maximum atomic E-state index is 11.2. The van der Waals surface area contributed by atoms with Crippen LogP contribution in [0.3, 0.4) is 0 Å². The van der Waals surface area contributed by atoms with E-state index in [0.29, 0.717) is 0 Å². The molecule has 2 rings (SSSR count). The van der Waals surface area contributed by atoms with Crippen molar-refractivity contribution in [2.45, 2.75) is 0 Å². The molecular weight excluding hydrogens is 369 g/mol. The van der Waals surface area contributed by atoms with E-state index in [-0.39, 0.29) is 32.0 Å². The van der Waals surface area contributed by atoms with Gasteiger partial charge in [0.15, 0.2) is 5.69 Å². The number of aromatic hydroxyl groups is 1. The van der Waals surface area contributed by atoms with Crippen LogP contribution in [-0.2, 0) is 0 Å². The van der Waals surface area contributed by atoms with Gasteiger partial charge < -0.3 is 10.8 Å². The Kier molecular flexibility index (Phi) is 3.33. The van der Waals surface area contributed by atoms with E-state index in [1.165, 1.54) is 6.07 Å². The zero-order valence-corrected chi connectivity index (χ0v) is 11.3. The average Bonchev–Trinajstić information content (AvgIpc) is 2.81. The van der Waals surface area contributed by atoms with Gasteiger partial charge >= 0.3 is 0 Å². The van der Waals surface area contributed by atoms with Crippen LogP contribution in [0, 0.1) is 13.7 Å². The number of hydrogen-bond donors (Lipinski definition) is 3. The number of nitrogens with two attached hydrogens (primary N) is 1. The first kappa shape index (κ1) is 13.2. The number of carbonyl (C=O) groups is 1. The van der Waals surface area contributed by atoms with Crippen molar-refractivity contribution in [2.75, 3.05) is 0 Å². The van der Waals surface area contributed by atoms with Gasteiger partial charge in [0, 0.05) is 12.1 Å². The molecule has 9 nitrogen and oxygen atoms in total. The molecule has 4 N–H and O–H groups in total. The number of nitro groups is 1. The fourth-order valence-corrected chi connectivity index (χ4v) is 2.07. The lowest BCUT2D eigenvalue weighted by Gasteiger charge is -2.04. The maximum absolute atomic E-state index is 11.2. The largest absolute Gasteiger partial charge is 0.506 e. The van der Waals surface area contributed by atoms with Crippen LogP contribution in [-0.4, -0.2) is 31.3 Å². The molecule has 1 heterocycles. The summed E-state index contributed by atoms with van der Waals surface area (Å²) in [5, 5.41) is 30.1. The van der Waals surface area contributed by atoms with Crippen molar-refractivity contribution in [1.29, 1.82) is 0 Å². The number of rotatable bonds is 3. The van der Waals surface area contributed by atoms with Gasteiger partial charge in [0.2, 0.25) is 0 Å². The molecule has 2 aromatic rings. The maximum Gasteiger partial charge on any atom is 0.271 e. The van der Waals surface area contributed by atoms with E-state index in [1.807, 2.05) is 0 Å². The fourth-order valence-electron chi connectivity index (χ4n) is 1.46. The number of aromatic amines is 1. The summed E-state index contributed by atoms with van der Waals surface area (Å²) in [4.78, 5) is 21.3. The van der Waals surface area contributed by atoms with Crippen molar-refractivity contribution in [1.82, 2.24) is 15.4 Å². The highest BCUT2D eigenvalue weighted by Gasteiger charge is 2.22. The Bertz CT molecular complexity index is 683. The van der Waals surface area contributed by atoms with E-state index in [1.54, 1.807) is 22.6 Å². The lowest BCUT2D eigenvalue weighted by molar-refractivity contribution is -0.384. The highest BCUT2D eigenvalue weighted by atomic mass is 127. The summed E-state index contributed by atoms with van der Waals surface area (Å²) >= 11 is 1.73. The Morgan fingerprint density at radius 2 is 2.16 bits per heavy atom. The van der Waals surface area contributed by atoms with Crippen LogP contribution in [0.5, 0.6) is 5.75 Å². The van der Waals surface area contributed by atoms with Gasteiger partial charge in [0.25, 0.3) is 11.6 Å². The van der Waals surface area contributed by atoms with Crippen LogP contribution in [0.15, 0.2) is 12.1 Å². The number of benzene rings is 1. The first-order chi connectivity index (χ1) is 8.91. The van der Waals surface area contributed by atoms with E-state index in [4.69, 9.17) is 5.73 Å². The lowest BCUT2D eigenvalue weighted by Crippen LogP contribution is -2.12. The lowest BCUT2D eigenvalue weighted by atomic mass is 10.1. The number of halogens is 1. The summed E-state index contributed by atoms with van der Waals surface area (Å²) in [6, 6.07) is 2.30. The molecule has 98 valence electrons. The summed E-state index contributed by atoms with van der Waals surface area (Å²) in [5.41, 5.74) is 4.64. The molecule has 19 heavy (non-hydrogen) atoms. The number of phenolic OH excluding ortho intramolecular Hbond substituents is 1. The van der Waals surface area contributed by atoms with E-state index in [9.17, 15) is 20.0 Å². The van der Waals surface area contributed by atoms with Crippen LogP contribution in [0.4, 0.5) is 5.69 Å². The molecule has 1 amide bonds. The molecule has 0 saturated carbocycles. The first-order valence-electron chi connectivity index (χ1n) is 4.79. The smallest absolute Gasteiger partial charge is 0.271 e. The van der Waals surface area contributed by atoms with E-state index < -0.39 is 10.8 Å². The standard InChI is InChI=1S/C9H6IN5O4/c10-5-2-3(15(18)19)1-4(8(5)16)6-7(9(11)17)13-14-12-6/h1-2,16H,(H2,11,17)(H,12,13,14). The predicted octanol–water partition coefficient (Wildman–Crippen LogP) is 0.789. The Balaban J connectivity index is 2.71. The average molecular weight is 375 g/mol. The summed E-state index contributed by atoms with van der Waals surface area (Å²) < 4.78 is 0.250. The molecule has 1 aromatic carbocycles.